The van der Waals surface area contributed by atoms with E-state index < -0.39 is 10.8 Å². The van der Waals surface area contributed by atoms with Crippen LogP contribution in [0, 0.1) is 22.7 Å². The number of nitrogens with zero attached hydrogens (tertiary/aromatic N) is 4. The van der Waals surface area contributed by atoms with Gasteiger partial charge in [-0.3, -0.25) is 0 Å². The summed E-state index contributed by atoms with van der Waals surface area (Å²) in [6, 6.07) is 10.9. The van der Waals surface area contributed by atoms with Gasteiger partial charge in [-0.05, 0) is 51.3 Å². The molecule has 0 amide bonds. The SMILES string of the molecule is CC(c1cc(C(C)(C)C#N)cc(C(C)(C)C#N)c1)n1ccnc1. The topological polar surface area (TPSA) is 65.4 Å². The van der Waals surface area contributed by atoms with Crippen molar-refractivity contribution in [3.63, 3.8) is 0 Å². The molecule has 0 saturated heterocycles. The van der Waals surface area contributed by atoms with Gasteiger partial charge in [0.2, 0.25) is 0 Å². The van der Waals surface area contributed by atoms with E-state index in [2.05, 4.69) is 36.2 Å². The van der Waals surface area contributed by atoms with Crippen molar-refractivity contribution in [1.82, 2.24) is 9.55 Å². The van der Waals surface area contributed by atoms with E-state index in [1.807, 2.05) is 44.5 Å². The second kappa shape index (κ2) is 5.89. The first-order valence-electron chi connectivity index (χ1n) is 7.67. The molecule has 118 valence electrons. The summed E-state index contributed by atoms with van der Waals surface area (Å²) in [4.78, 5) is 4.10. The highest BCUT2D eigenvalue weighted by molar-refractivity contribution is 5.43. The third-order valence-corrected chi connectivity index (χ3v) is 4.41. The van der Waals surface area contributed by atoms with E-state index in [0.29, 0.717) is 0 Å². The lowest BCUT2D eigenvalue weighted by Gasteiger charge is -2.25. The number of hydrogen-bond donors (Lipinski definition) is 0. The monoisotopic (exact) mass is 306 g/mol. The van der Waals surface area contributed by atoms with Gasteiger partial charge in [-0.2, -0.15) is 10.5 Å². The third-order valence-electron chi connectivity index (χ3n) is 4.41. The molecule has 0 aliphatic heterocycles. The highest BCUT2D eigenvalue weighted by Gasteiger charge is 2.27. The van der Waals surface area contributed by atoms with Crippen LogP contribution in [0.4, 0.5) is 0 Å². The van der Waals surface area contributed by atoms with E-state index in [1.165, 1.54) is 0 Å². The Labute approximate surface area is 138 Å². The quantitative estimate of drug-likeness (QED) is 0.854. The highest BCUT2D eigenvalue weighted by Crippen LogP contribution is 2.32. The van der Waals surface area contributed by atoms with Gasteiger partial charge in [-0.1, -0.05) is 18.2 Å². The highest BCUT2D eigenvalue weighted by atomic mass is 15.0. The zero-order valence-electron chi connectivity index (χ0n) is 14.3. The summed E-state index contributed by atoms with van der Waals surface area (Å²) in [5.74, 6) is 0. The summed E-state index contributed by atoms with van der Waals surface area (Å²) in [5.41, 5.74) is 1.73. The maximum absolute atomic E-state index is 9.48. The molecule has 1 aromatic carbocycles. The Morgan fingerprint density at radius 2 is 1.52 bits per heavy atom. The molecule has 2 aromatic rings. The van der Waals surface area contributed by atoms with E-state index >= 15 is 0 Å². The van der Waals surface area contributed by atoms with E-state index in [-0.39, 0.29) is 6.04 Å². The molecule has 0 aliphatic rings. The normalized spacial score (nSPS) is 13.2. The fourth-order valence-corrected chi connectivity index (χ4v) is 2.41. The summed E-state index contributed by atoms with van der Waals surface area (Å²) in [6.07, 6.45) is 5.45. The van der Waals surface area contributed by atoms with Crippen LogP contribution in [0.15, 0.2) is 36.9 Å². The second-order valence-corrected chi connectivity index (χ2v) is 7.00. The molecule has 1 heterocycles. The molecule has 23 heavy (non-hydrogen) atoms. The summed E-state index contributed by atoms with van der Waals surface area (Å²) in [5, 5.41) is 19.0. The Morgan fingerprint density at radius 1 is 1.00 bits per heavy atom. The Kier molecular flexibility index (Phi) is 4.30. The average Bonchev–Trinajstić information content (AvgIpc) is 3.08. The van der Waals surface area contributed by atoms with Crippen molar-refractivity contribution < 1.29 is 0 Å². The van der Waals surface area contributed by atoms with E-state index in [4.69, 9.17) is 0 Å². The van der Waals surface area contributed by atoms with Crippen molar-refractivity contribution in [1.29, 1.82) is 10.5 Å². The molecule has 2 rings (SSSR count). The number of imidazole rings is 1. The summed E-state index contributed by atoms with van der Waals surface area (Å²) in [6.45, 7) is 9.69. The van der Waals surface area contributed by atoms with Crippen molar-refractivity contribution >= 4 is 0 Å². The van der Waals surface area contributed by atoms with Gasteiger partial charge in [0.1, 0.15) is 0 Å². The van der Waals surface area contributed by atoms with Crippen LogP contribution in [0.5, 0.6) is 0 Å². The molecule has 0 bridgehead atoms. The lowest BCUT2D eigenvalue weighted by molar-refractivity contribution is 0.619. The predicted octanol–water partition coefficient (Wildman–Crippen LogP) is 4.09. The molecule has 4 nitrogen and oxygen atoms in total. The van der Waals surface area contributed by atoms with Crippen LogP contribution in [0.3, 0.4) is 0 Å². The van der Waals surface area contributed by atoms with Crippen molar-refractivity contribution in [2.24, 2.45) is 0 Å². The van der Waals surface area contributed by atoms with Crippen LogP contribution < -0.4 is 0 Å². The van der Waals surface area contributed by atoms with E-state index in [1.54, 1.807) is 12.5 Å². The van der Waals surface area contributed by atoms with E-state index in [0.717, 1.165) is 16.7 Å². The largest absolute Gasteiger partial charge is 0.330 e. The van der Waals surface area contributed by atoms with Gasteiger partial charge in [0.05, 0.1) is 35.3 Å². The van der Waals surface area contributed by atoms with Crippen LogP contribution >= 0.6 is 0 Å². The minimum atomic E-state index is -0.606. The van der Waals surface area contributed by atoms with Crippen LogP contribution in [0.2, 0.25) is 0 Å². The summed E-state index contributed by atoms with van der Waals surface area (Å²) < 4.78 is 2.02. The van der Waals surface area contributed by atoms with E-state index in [9.17, 15) is 10.5 Å². The molecule has 0 N–H and O–H groups in total. The van der Waals surface area contributed by atoms with Crippen LogP contribution in [-0.2, 0) is 10.8 Å². The number of rotatable bonds is 4. The fraction of sp³-hybridized carbons (Fsp3) is 0.421. The lowest BCUT2D eigenvalue weighted by atomic mass is 9.78. The molecule has 0 fully saturated rings. The predicted molar refractivity (Wildman–Crippen MR) is 89.8 cm³/mol. The molecule has 0 saturated carbocycles. The number of hydrogen-bond acceptors (Lipinski definition) is 3. The Morgan fingerprint density at radius 3 is 1.91 bits per heavy atom. The second-order valence-electron chi connectivity index (χ2n) is 7.00. The molecule has 1 aromatic heterocycles. The molecule has 0 spiro atoms. The summed E-state index contributed by atoms with van der Waals surface area (Å²) in [7, 11) is 0. The molecule has 1 unspecified atom stereocenters. The smallest absolute Gasteiger partial charge is 0.0951 e. The molecule has 0 aliphatic carbocycles. The minimum Gasteiger partial charge on any atom is -0.330 e. The zero-order chi connectivity index (χ0) is 17.3. The van der Waals surface area contributed by atoms with Gasteiger partial charge in [0.25, 0.3) is 0 Å². The maximum Gasteiger partial charge on any atom is 0.0951 e. The summed E-state index contributed by atoms with van der Waals surface area (Å²) >= 11 is 0. The molecular weight excluding hydrogens is 284 g/mol. The standard InChI is InChI=1S/C19H22N4/c1-14(23-7-6-22-13-23)15-8-16(18(2,3)11-20)10-17(9-15)19(4,5)12-21/h6-10,13-14H,1-5H3. The fourth-order valence-electron chi connectivity index (χ4n) is 2.41. The number of nitriles is 2. The molecule has 1 atom stereocenters. The van der Waals surface area contributed by atoms with Crippen molar-refractivity contribution in [2.75, 3.05) is 0 Å². The first kappa shape index (κ1) is 16.8. The van der Waals surface area contributed by atoms with Crippen molar-refractivity contribution in [3.8, 4) is 12.1 Å². The van der Waals surface area contributed by atoms with Crippen LogP contribution in [0.1, 0.15) is 57.4 Å². The minimum absolute atomic E-state index is 0.0835. The zero-order valence-corrected chi connectivity index (χ0v) is 14.3. The average molecular weight is 306 g/mol. The van der Waals surface area contributed by atoms with Gasteiger partial charge in [0, 0.05) is 12.4 Å². The Bertz CT molecular complexity index is 726. The molecular formula is C19H22N4. The molecule has 0 radical (unpaired) electrons. The third kappa shape index (κ3) is 3.27. The Hall–Kier alpha value is -2.59. The van der Waals surface area contributed by atoms with Gasteiger partial charge in [0.15, 0.2) is 0 Å². The lowest BCUT2D eigenvalue weighted by Crippen LogP contribution is -2.20. The van der Waals surface area contributed by atoms with Crippen molar-refractivity contribution in [2.45, 2.75) is 51.5 Å². The van der Waals surface area contributed by atoms with Crippen LogP contribution in [-0.4, -0.2) is 9.55 Å². The van der Waals surface area contributed by atoms with Gasteiger partial charge < -0.3 is 4.57 Å². The Balaban J connectivity index is 2.64. The van der Waals surface area contributed by atoms with Crippen molar-refractivity contribution in [3.05, 3.63) is 53.6 Å². The molecule has 4 heteroatoms. The van der Waals surface area contributed by atoms with Gasteiger partial charge in [-0.25, -0.2) is 4.98 Å². The number of benzene rings is 1. The van der Waals surface area contributed by atoms with Gasteiger partial charge in [-0.15, -0.1) is 0 Å². The van der Waals surface area contributed by atoms with Gasteiger partial charge >= 0.3 is 0 Å². The maximum atomic E-state index is 9.48. The van der Waals surface area contributed by atoms with Crippen LogP contribution in [0.25, 0.3) is 0 Å². The number of aromatic nitrogens is 2. The first-order chi connectivity index (χ1) is 10.7. The first-order valence-corrected chi connectivity index (χ1v) is 7.67.